The Morgan fingerprint density at radius 2 is 1.86 bits per heavy atom. The van der Waals surface area contributed by atoms with Crippen molar-refractivity contribution in [2.75, 3.05) is 19.7 Å². The van der Waals surface area contributed by atoms with Crippen LogP contribution in [0.5, 0.6) is 0 Å². The molecule has 0 aliphatic rings. The minimum absolute atomic E-state index is 0.109. The second-order valence-corrected chi connectivity index (χ2v) is 5.66. The lowest BCUT2D eigenvalue weighted by atomic mass is 10.1. The largest absolute Gasteiger partial charge is 0.465 e. The molecule has 0 N–H and O–H groups in total. The quantitative estimate of drug-likeness (QED) is 0.593. The van der Waals surface area contributed by atoms with E-state index < -0.39 is 5.97 Å². The van der Waals surface area contributed by atoms with Crippen LogP contribution in [0.15, 0.2) is 12.1 Å². The molecule has 0 unspecified atom stereocenters. The van der Waals surface area contributed by atoms with E-state index in [0.717, 1.165) is 0 Å². The van der Waals surface area contributed by atoms with E-state index in [1.165, 1.54) is 17.0 Å². The number of hydrogen-bond donors (Lipinski definition) is 0. The Morgan fingerprint density at radius 3 is 2.33 bits per heavy atom. The Bertz CT molecular complexity index is 501. The summed E-state index contributed by atoms with van der Waals surface area (Å²) in [6, 6.07) is 2.85. The normalized spacial score (nSPS) is 10.6. The molecule has 1 heterocycles. The lowest BCUT2D eigenvalue weighted by molar-refractivity contribution is -0.143. The molecule has 1 rings (SSSR count). The highest BCUT2D eigenvalue weighted by Crippen LogP contribution is 2.17. The fraction of sp³-hybridized carbons (Fsp3) is 0.500. The topological polar surface area (TPSA) is 59.5 Å². The first-order valence-corrected chi connectivity index (χ1v) is 7.37. The number of nitrogens with zero attached hydrogens (tertiary/aromatic N) is 2. The molecule has 7 heteroatoms. The third-order valence-electron chi connectivity index (χ3n) is 2.51. The first kappa shape index (κ1) is 17.7. The molecule has 0 aliphatic carbocycles. The van der Waals surface area contributed by atoms with Crippen LogP contribution in [0.25, 0.3) is 0 Å². The van der Waals surface area contributed by atoms with Crippen molar-refractivity contribution >= 4 is 35.1 Å². The van der Waals surface area contributed by atoms with Gasteiger partial charge in [0.2, 0.25) is 0 Å². The van der Waals surface area contributed by atoms with Crippen molar-refractivity contribution in [3.63, 3.8) is 0 Å². The van der Waals surface area contributed by atoms with Crippen molar-refractivity contribution in [2.45, 2.75) is 20.8 Å². The summed E-state index contributed by atoms with van der Waals surface area (Å²) in [4.78, 5) is 29.3. The van der Waals surface area contributed by atoms with Crippen LogP contribution in [-0.4, -0.2) is 41.5 Å². The highest BCUT2D eigenvalue weighted by Gasteiger charge is 2.21. The lowest BCUT2D eigenvalue weighted by Gasteiger charge is -2.23. The third-order valence-corrected chi connectivity index (χ3v) is 2.90. The van der Waals surface area contributed by atoms with E-state index in [0.29, 0.717) is 12.1 Å². The van der Waals surface area contributed by atoms with Crippen LogP contribution in [0, 0.1) is 5.92 Å². The highest BCUT2D eigenvalue weighted by molar-refractivity contribution is 6.33. The monoisotopic (exact) mass is 332 g/mol. The van der Waals surface area contributed by atoms with E-state index in [9.17, 15) is 9.59 Å². The molecule has 0 spiro atoms. The van der Waals surface area contributed by atoms with Gasteiger partial charge in [0.15, 0.2) is 0 Å². The minimum Gasteiger partial charge on any atom is -0.465 e. The first-order chi connectivity index (χ1) is 9.83. The smallest absolute Gasteiger partial charge is 0.325 e. The molecule has 0 aromatic carbocycles. The van der Waals surface area contributed by atoms with Crippen LogP contribution < -0.4 is 0 Å². The molecule has 5 nitrogen and oxygen atoms in total. The Labute approximate surface area is 134 Å². The number of carbonyl (C=O) groups excluding carboxylic acids is 2. The Kier molecular flexibility index (Phi) is 6.92. The van der Waals surface area contributed by atoms with Gasteiger partial charge < -0.3 is 9.64 Å². The molecule has 1 amide bonds. The zero-order chi connectivity index (χ0) is 16.0. The molecule has 0 saturated heterocycles. The molecular weight excluding hydrogens is 315 g/mol. The fourth-order valence-corrected chi connectivity index (χ4v) is 2.25. The maximum Gasteiger partial charge on any atom is 0.325 e. The summed E-state index contributed by atoms with van der Waals surface area (Å²) in [5.74, 6) is -0.572. The number of esters is 1. The van der Waals surface area contributed by atoms with Crippen molar-refractivity contribution in [1.82, 2.24) is 9.88 Å². The van der Waals surface area contributed by atoms with Gasteiger partial charge in [-0.05, 0) is 25.0 Å². The number of pyridine rings is 1. The fourth-order valence-electron chi connectivity index (χ4n) is 1.79. The van der Waals surface area contributed by atoms with E-state index in [2.05, 4.69) is 4.98 Å². The second-order valence-electron chi connectivity index (χ2n) is 4.89. The molecule has 1 aromatic heterocycles. The standard InChI is InChI=1S/C14H18Cl2N2O3/c1-4-21-13(19)8-18(7-9(2)3)14(20)10-5-11(15)17-12(16)6-10/h5-6,9H,4,7-8H2,1-3H3. The average molecular weight is 333 g/mol. The van der Waals surface area contributed by atoms with Gasteiger partial charge in [0, 0.05) is 12.1 Å². The number of ether oxygens (including phenoxy) is 1. The predicted octanol–water partition coefficient (Wildman–Crippen LogP) is 3.05. The summed E-state index contributed by atoms with van der Waals surface area (Å²) < 4.78 is 4.89. The van der Waals surface area contributed by atoms with Gasteiger partial charge in [-0.1, -0.05) is 37.0 Å². The maximum absolute atomic E-state index is 12.5. The Hall–Kier alpha value is -1.33. The zero-order valence-corrected chi connectivity index (χ0v) is 13.7. The van der Waals surface area contributed by atoms with E-state index in [4.69, 9.17) is 27.9 Å². The van der Waals surface area contributed by atoms with Crippen molar-refractivity contribution < 1.29 is 14.3 Å². The van der Waals surface area contributed by atoms with Crippen LogP contribution in [0.2, 0.25) is 10.3 Å². The number of rotatable bonds is 6. The van der Waals surface area contributed by atoms with Crippen molar-refractivity contribution in [2.24, 2.45) is 5.92 Å². The number of carbonyl (C=O) groups is 2. The summed E-state index contributed by atoms with van der Waals surface area (Å²) >= 11 is 11.6. The third kappa shape index (κ3) is 5.89. The molecule has 0 fully saturated rings. The molecule has 0 bridgehead atoms. The van der Waals surface area contributed by atoms with Crippen LogP contribution >= 0.6 is 23.2 Å². The number of halogens is 2. The van der Waals surface area contributed by atoms with Gasteiger partial charge in [-0.2, -0.15) is 0 Å². The summed E-state index contributed by atoms with van der Waals surface area (Å²) in [7, 11) is 0. The molecule has 0 saturated carbocycles. The van der Waals surface area contributed by atoms with Crippen molar-refractivity contribution in [1.29, 1.82) is 0 Å². The van der Waals surface area contributed by atoms with E-state index in [1.807, 2.05) is 13.8 Å². The average Bonchev–Trinajstić information content (AvgIpc) is 2.35. The Balaban J connectivity index is 2.95. The summed E-state index contributed by atoms with van der Waals surface area (Å²) in [5, 5.41) is 0.262. The minimum atomic E-state index is -0.447. The van der Waals surface area contributed by atoms with Crippen LogP contribution in [0.3, 0.4) is 0 Å². The molecule has 116 valence electrons. The highest BCUT2D eigenvalue weighted by atomic mass is 35.5. The number of hydrogen-bond acceptors (Lipinski definition) is 4. The molecule has 1 aromatic rings. The summed E-state index contributed by atoms with van der Waals surface area (Å²) in [5.41, 5.74) is 0.296. The SMILES string of the molecule is CCOC(=O)CN(CC(C)C)C(=O)c1cc(Cl)nc(Cl)c1. The molecule has 0 atom stereocenters. The van der Waals surface area contributed by atoms with Gasteiger partial charge in [0.05, 0.1) is 6.61 Å². The van der Waals surface area contributed by atoms with Crippen LogP contribution in [0.4, 0.5) is 0 Å². The van der Waals surface area contributed by atoms with Crippen LogP contribution in [0.1, 0.15) is 31.1 Å². The van der Waals surface area contributed by atoms with Gasteiger partial charge in [-0.25, -0.2) is 4.98 Å². The Morgan fingerprint density at radius 1 is 1.29 bits per heavy atom. The number of aromatic nitrogens is 1. The first-order valence-electron chi connectivity index (χ1n) is 6.61. The molecule has 21 heavy (non-hydrogen) atoms. The van der Waals surface area contributed by atoms with E-state index in [-0.39, 0.29) is 35.3 Å². The summed E-state index contributed by atoms with van der Waals surface area (Å²) in [6.45, 7) is 6.22. The van der Waals surface area contributed by atoms with Crippen molar-refractivity contribution in [3.8, 4) is 0 Å². The predicted molar refractivity (Wildman–Crippen MR) is 81.6 cm³/mol. The van der Waals surface area contributed by atoms with Crippen molar-refractivity contribution in [3.05, 3.63) is 28.0 Å². The molecular formula is C14H18Cl2N2O3. The number of amides is 1. The van der Waals surface area contributed by atoms with Gasteiger partial charge in [-0.3, -0.25) is 9.59 Å². The van der Waals surface area contributed by atoms with Gasteiger partial charge >= 0.3 is 5.97 Å². The second kappa shape index (κ2) is 8.20. The maximum atomic E-state index is 12.5. The zero-order valence-electron chi connectivity index (χ0n) is 12.2. The van der Waals surface area contributed by atoms with Gasteiger partial charge in [0.25, 0.3) is 5.91 Å². The van der Waals surface area contributed by atoms with E-state index >= 15 is 0 Å². The summed E-state index contributed by atoms with van der Waals surface area (Å²) in [6.07, 6.45) is 0. The molecule has 0 aliphatic heterocycles. The van der Waals surface area contributed by atoms with Gasteiger partial charge in [-0.15, -0.1) is 0 Å². The van der Waals surface area contributed by atoms with Crippen LogP contribution in [-0.2, 0) is 9.53 Å². The molecule has 0 radical (unpaired) electrons. The van der Waals surface area contributed by atoms with E-state index in [1.54, 1.807) is 6.92 Å². The lowest BCUT2D eigenvalue weighted by Crippen LogP contribution is -2.39. The van der Waals surface area contributed by atoms with Gasteiger partial charge in [0.1, 0.15) is 16.9 Å².